The van der Waals surface area contributed by atoms with Crippen LogP contribution in [0.2, 0.25) is 0 Å². The first-order valence-corrected chi connectivity index (χ1v) is 43.4. The summed E-state index contributed by atoms with van der Waals surface area (Å²) in [5, 5.41) is 8.36. The van der Waals surface area contributed by atoms with Crippen LogP contribution < -0.4 is 31.4 Å². The minimum atomic E-state index is -4.63. The highest BCUT2D eigenvalue weighted by Crippen LogP contribution is 2.51. The van der Waals surface area contributed by atoms with Gasteiger partial charge >= 0.3 is 5.97 Å². The average molecular weight is 1690 g/mol. The molecule has 4 N–H and O–H groups in total. The molecule has 0 saturated carbocycles. The second-order valence-electron chi connectivity index (χ2n) is 27.0. The van der Waals surface area contributed by atoms with Crippen LogP contribution in [0.4, 0.5) is 11.4 Å². The quantitative estimate of drug-likeness (QED) is 0.00783. The molecule has 2 amide bonds. The molecule has 2 aliphatic rings. The zero-order valence-electron chi connectivity index (χ0n) is 68.2. The molecule has 117 heavy (non-hydrogen) atoms. The fourth-order valence-corrected chi connectivity index (χ4v) is 16.4. The number of fused-ring (bicyclic) bond motifs is 2. The number of esters is 1. The third-order valence-electron chi connectivity index (χ3n) is 18.9. The van der Waals surface area contributed by atoms with E-state index in [0.29, 0.717) is 165 Å². The topological polar surface area (TPSA) is 347 Å². The Morgan fingerprint density at radius 2 is 0.897 bits per heavy atom. The highest BCUT2D eigenvalue weighted by Gasteiger charge is 2.48. The second-order valence-corrected chi connectivity index (χ2v) is 32.0. The van der Waals surface area contributed by atoms with E-state index >= 15 is 0 Å². The van der Waals surface area contributed by atoms with Crippen molar-refractivity contribution in [2.75, 3.05) is 251 Å². The number of rotatable bonds is 64. The van der Waals surface area contributed by atoms with E-state index in [0.717, 1.165) is 27.7 Å². The average Bonchev–Trinajstić information content (AvgIpc) is 1.59. The van der Waals surface area contributed by atoms with E-state index in [1.807, 2.05) is 105 Å². The van der Waals surface area contributed by atoms with Gasteiger partial charge in [0.05, 0.1) is 200 Å². The molecule has 0 aromatic heterocycles. The Morgan fingerprint density at radius 1 is 0.462 bits per heavy atom. The van der Waals surface area contributed by atoms with Gasteiger partial charge in [0.15, 0.2) is 12.3 Å². The first-order chi connectivity index (χ1) is 56.8. The standard InChI is InChI=1S/C84H117N4O26PS2/c1-83(29-36-103-47-52-111-59-56-107-43-40-98-3)73-65-70(116(92,93)94)23-26-75(73)87(33-38-105-49-54-113-61-58-109-45-42-100-5)78(83)20-14-9-15-21-79-84(2,30-37-104-48-53-112-60-57-108-44-41-99-4)74-66-71(117(95,96)97)24-27-76(74)88(79)34-39-106-50-55-114-63-62-110-51-46-102-35-28-80(89)85-31-32-86-81(90)67-22-25-72(82(91)101-6)77(64-67)115(68-16-10-7-11-17-68)69-18-12-8-13-19-69/h7-27,64-66H,28-63H2,1-6H3,(H3-,85,86,89,90,92,93,94,95,96,97)/p+1. The van der Waals surface area contributed by atoms with Crippen LogP contribution in [0.5, 0.6) is 0 Å². The molecule has 0 saturated heterocycles. The number of benzene rings is 5. The number of ether oxygens (including phenoxy) is 17. The molecule has 5 aromatic carbocycles. The van der Waals surface area contributed by atoms with E-state index in [1.54, 1.807) is 51.7 Å². The molecular weight excluding hydrogens is 1580 g/mol. The summed E-state index contributed by atoms with van der Waals surface area (Å²) in [7, 11) is -4.33. The fraction of sp³-hybridized carbons (Fsp3) is 0.524. The zero-order chi connectivity index (χ0) is 83.8. The van der Waals surface area contributed by atoms with Gasteiger partial charge < -0.3 is 96.1 Å². The second kappa shape index (κ2) is 54.2. The number of hydrogen-bond acceptors (Lipinski definition) is 25. The van der Waals surface area contributed by atoms with Gasteiger partial charge in [0, 0.05) is 106 Å². The van der Waals surface area contributed by atoms with Crippen LogP contribution in [-0.4, -0.2) is 300 Å². The van der Waals surface area contributed by atoms with Crippen LogP contribution >= 0.6 is 7.92 Å². The van der Waals surface area contributed by atoms with Gasteiger partial charge in [0.1, 0.15) is 6.61 Å². The fourth-order valence-electron chi connectivity index (χ4n) is 12.9. The molecule has 7 rings (SSSR count). The van der Waals surface area contributed by atoms with Gasteiger partial charge in [-0.25, -0.2) is 4.79 Å². The number of allylic oxidation sites excluding steroid dienone is 6. The first kappa shape index (κ1) is 96.9. The third kappa shape index (κ3) is 32.7. The van der Waals surface area contributed by atoms with Crippen LogP contribution in [0.1, 0.15) is 65.0 Å². The summed E-state index contributed by atoms with van der Waals surface area (Å²) in [4.78, 5) is 40.7. The number of hydrogen-bond donors (Lipinski definition) is 4. The Labute approximate surface area is 689 Å². The number of amides is 2. The van der Waals surface area contributed by atoms with Crippen molar-refractivity contribution >= 4 is 78.9 Å². The molecule has 2 heterocycles. The van der Waals surface area contributed by atoms with Gasteiger partial charge in [-0.15, -0.1) is 0 Å². The summed E-state index contributed by atoms with van der Waals surface area (Å²) < 4.78 is 170. The number of nitrogens with zero attached hydrogens (tertiary/aromatic N) is 2. The Balaban J connectivity index is 0.949. The molecule has 30 nitrogen and oxygen atoms in total. The maximum absolute atomic E-state index is 13.5. The molecule has 0 spiro atoms. The van der Waals surface area contributed by atoms with Crippen molar-refractivity contribution in [1.29, 1.82) is 0 Å². The van der Waals surface area contributed by atoms with Gasteiger partial charge in [-0.1, -0.05) is 78.9 Å². The summed E-state index contributed by atoms with van der Waals surface area (Å²) in [6.07, 6.45) is 10.4. The molecule has 646 valence electrons. The molecule has 2 atom stereocenters. The van der Waals surface area contributed by atoms with Gasteiger partial charge in [-0.3, -0.25) is 18.7 Å². The molecule has 0 fully saturated rings. The van der Waals surface area contributed by atoms with Crippen molar-refractivity contribution in [3.05, 3.63) is 174 Å². The van der Waals surface area contributed by atoms with Crippen LogP contribution in [0.3, 0.4) is 0 Å². The van der Waals surface area contributed by atoms with Crippen LogP contribution in [0.25, 0.3) is 0 Å². The minimum absolute atomic E-state index is 0.0984. The van der Waals surface area contributed by atoms with E-state index in [2.05, 4.69) is 20.1 Å². The summed E-state index contributed by atoms with van der Waals surface area (Å²) in [6.45, 7) is 14.7. The minimum Gasteiger partial charge on any atom is -0.465 e. The Kier molecular flexibility index (Phi) is 44.9. The van der Waals surface area contributed by atoms with Gasteiger partial charge in [0.25, 0.3) is 26.1 Å². The predicted octanol–water partition coefficient (Wildman–Crippen LogP) is 6.73. The molecule has 2 aliphatic heterocycles. The summed E-state index contributed by atoms with van der Waals surface area (Å²) >= 11 is 0. The van der Waals surface area contributed by atoms with E-state index in [9.17, 15) is 40.3 Å². The number of carbonyl (C=O) groups is 3. The molecule has 2 unspecified atom stereocenters. The van der Waals surface area contributed by atoms with Crippen LogP contribution in [0.15, 0.2) is 161 Å². The monoisotopic (exact) mass is 1690 g/mol. The van der Waals surface area contributed by atoms with Gasteiger partial charge in [-0.05, 0) is 105 Å². The SMILES string of the molecule is COCCOCCOCCOCC[N+]1=C(/C=C/C=C/C=C2/N(CCOCCOCCOCCOCCC(=O)NCCNC(=O)c3ccc(C(=O)OC)c(P(c4ccccc4)c4ccccc4)c3)c3ccc(S(=O)(=O)O)cc3C2(C)CCOCCOCCOCCOC)C(C)(CCOCCOCCOCCOC)c2cc(S(=O)(=O)O)ccc21. The summed E-state index contributed by atoms with van der Waals surface area (Å²) in [5.41, 5.74) is 3.27. The van der Waals surface area contributed by atoms with E-state index in [4.69, 9.17) is 80.5 Å². The normalized spacial score (nSPS) is 15.9. The molecule has 0 radical (unpaired) electrons. The van der Waals surface area contributed by atoms with Crippen molar-refractivity contribution in [3.63, 3.8) is 0 Å². The maximum Gasteiger partial charge on any atom is 0.338 e. The number of anilines is 1. The first-order valence-electron chi connectivity index (χ1n) is 39.2. The van der Waals surface area contributed by atoms with Crippen molar-refractivity contribution in [2.24, 2.45) is 0 Å². The van der Waals surface area contributed by atoms with E-state index in [1.165, 1.54) is 31.4 Å². The summed E-state index contributed by atoms with van der Waals surface area (Å²) in [6, 6.07) is 33.7. The predicted molar refractivity (Wildman–Crippen MR) is 443 cm³/mol. The molecular formula is C84H118N4O26PS2+. The molecule has 0 aliphatic carbocycles. The van der Waals surface area contributed by atoms with Crippen LogP contribution in [0, 0.1) is 0 Å². The van der Waals surface area contributed by atoms with Crippen molar-refractivity contribution in [1.82, 2.24) is 10.6 Å². The number of methoxy groups -OCH3 is 4. The number of carbonyl (C=O) groups excluding carboxylic acids is 3. The highest BCUT2D eigenvalue weighted by molar-refractivity contribution is 7.86. The molecule has 0 bridgehead atoms. The lowest BCUT2D eigenvalue weighted by Gasteiger charge is -2.30. The van der Waals surface area contributed by atoms with Crippen LogP contribution in [-0.2, 0) is 116 Å². The maximum atomic E-state index is 13.5. The number of nitrogens with one attached hydrogen (secondary N) is 2. The zero-order valence-corrected chi connectivity index (χ0v) is 70.7. The third-order valence-corrected chi connectivity index (χ3v) is 23.1. The van der Waals surface area contributed by atoms with Gasteiger partial charge in [0.2, 0.25) is 11.6 Å². The Hall–Kier alpha value is -7.19. The highest BCUT2D eigenvalue weighted by atomic mass is 32.2. The largest absolute Gasteiger partial charge is 0.465 e. The molecule has 33 heteroatoms. The Bertz CT molecular complexity index is 4100. The lowest BCUT2D eigenvalue weighted by atomic mass is 9.76. The van der Waals surface area contributed by atoms with E-state index < -0.39 is 45.0 Å². The Morgan fingerprint density at radius 3 is 1.38 bits per heavy atom. The van der Waals surface area contributed by atoms with Crippen molar-refractivity contribution < 1.29 is 125 Å². The summed E-state index contributed by atoms with van der Waals surface area (Å²) in [5.74, 6) is -1.11. The lowest BCUT2D eigenvalue weighted by Crippen LogP contribution is -2.35. The van der Waals surface area contributed by atoms with E-state index in [-0.39, 0.29) is 127 Å². The lowest BCUT2D eigenvalue weighted by molar-refractivity contribution is -0.442. The van der Waals surface area contributed by atoms with Crippen molar-refractivity contribution in [2.45, 2.75) is 53.7 Å². The smallest absolute Gasteiger partial charge is 0.338 e. The van der Waals surface area contributed by atoms with Gasteiger partial charge in [-0.2, -0.15) is 21.4 Å². The van der Waals surface area contributed by atoms with Crippen molar-refractivity contribution in [3.8, 4) is 0 Å². The molecule has 5 aromatic rings.